The van der Waals surface area contributed by atoms with E-state index in [1.54, 1.807) is 5.06 Å². The highest BCUT2D eigenvalue weighted by Crippen LogP contribution is 2.50. The molecule has 1 aliphatic heterocycles. The molecule has 5 aromatic carbocycles. The molecule has 0 saturated carbocycles. The summed E-state index contributed by atoms with van der Waals surface area (Å²) in [7, 11) is 0. The van der Waals surface area contributed by atoms with E-state index in [4.69, 9.17) is 14.6 Å². The fraction of sp³-hybridized carbons (Fsp3) is 0.0286. The average Bonchev–Trinajstić information content (AvgIpc) is 3.32. The van der Waals surface area contributed by atoms with Crippen molar-refractivity contribution in [3.8, 4) is 5.75 Å². The van der Waals surface area contributed by atoms with Gasteiger partial charge in [0.15, 0.2) is 5.54 Å². The van der Waals surface area contributed by atoms with E-state index < -0.39 is 16.4 Å². The van der Waals surface area contributed by atoms with Crippen LogP contribution < -0.4 is 9.80 Å². The van der Waals surface area contributed by atoms with Crippen LogP contribution in [0.4, 0.5) is 17.1 Å². The maximum Gasteiger partial charge on any atom is 0.381 e. The van der Waals surface area contributed by atoms with E-state index in [9.17, 15) is 14.9 Å². The molecule has 6 rings (SSSR count). The van der Waals surface area contributed by atoms with Gasteiger partial charge in [-0.2, -0.15) is 5.06 Å². The molecule has 0 fully saturated rings. The SMILES string of the molecule is C=C(ON1c2ccccc2C(=Nc2ccccc2)C1(c1ccccc1)c1ccccc1)C(=O)Oc1ccc([N+](=O)[O-])cc1. The zero-order valence-electron chi connectivity index (χ0n) is 22.9. The second-order valence-corrected chi connectivity index (χ2v) is 9.70. The van der Waals surface area contributed by atoms with E-state index >= 15 is 0 Å². The van der Waals surface area contributed by atoms with Crippen molar-refractivity contribution in [2.75, 3.05) is 5.06 Å². The van der Waals surface area contributed by atoms with Crippen LogP contribution in [-0.2, 0) is 15.2 Å². The lowest BCUT2D eigenvalue weighted by Gasteiger charge is -2.40. The molecule has 0 amide bonds. The van der Waals surface area contributed by atoms with Crippen molar-refractivity contribution in [3.05, 3.63) is 179 Å². The third-order valence-electron chi connectivity index (χ3n) is 7.09. The van der Waals surface area contributed by atoms with Crippen LogP contribution in [0, 0.1) is 10.1 Å². The first kappa shape index (κ1) is 27.2. The van der Waals surface area contributed by atoms with Crippen molar-refractivity contribution < 1.29 is 19.3 Å². The number of carbonyl (C=O) groups excluding carboxylic acids is 1. The van der Waals surface area contributed by atoms with E-state index in [0.717, 1.165) is 22.4 Å². The van der Waals surface area contributed by atoms with Crippen LogP contribution in [-0.4, -0.2) is 16.6 Å². The molecule has 0 unspecified atom stereocenters. The topological polar surface area (TPSA) is 94.3 Å². The maximum absolute atomic E-state index is 13.3. The Hall–Kier alpha value is -6.02. The molecule has 1 heterocycles. The Morgan fingerprint density at radius 2 is 1.28 bits per heavy atom. The molecule has 0 saturated heterocycles. The lowest BCUT2D eigenvalue weighted by molar-refractivity contribution is -0.384. The molecular weight excluding hydrogens is 542 g/mol. The number of hydrogen-bond acceptors (Lipinski definition) is 7. The summed E-state index contributed by atoms with van der Waals surface area (Å²) in [6, 6.07) is 42.2. The summed E-state index contributed by atoms with van der Waals surface area (Å²) in [6.45, 7) is 3.91. The highest BCUT2D eigenvalue weighted by Gasteiger charge is 2.54. The largest absolute Gasteiger partial charge is 0.421 e. The number of nitro benzene ring substituents is 1. The Labute approximate surface area is 247 Å². The fourth-order valence-electron chi connectivity index (χ4n) is 5.19. The van der Waals surface area contributed by atoms with Crippen LogP contribution in [0.25, 0.3) is 0 Å². The zero-order chi connectivity index (χ0) is 29.8. The minimum Gasteiger partial charge on any atom is -0.421 e. The third-order valence-corrected chi connectivity index (χ3v) is 7.09. The molecule has 0 aromatic heterocycles. The Balaban J connectivity index is 1.49. The first-order valence-electron chi connectivity index (χ1n) is 13.5. The lowest BCUT2D eigenvalue weighted by Crippen LogP contribution is -2.49. The van der Waals surface area contributed by atoms with Gasteiger partial charge in [-0.3, -0.25) is 10.1 Å². The van der Waals surface area contributed by atoms with Crippen molar-refractivity contribution >= 4 is 28.7 Å². The Kier molecular flexibility index (Phi) is 7.24. The lowest BCUT2D eigenvalue weighted by atomic mass is 9.78. The van der Waals surface area contributed by atoms with Gasteiger partial charge in [0.25, 0.3) is 5.69 Å². The molecule has 5 aromatic rings. The van der Waals surface area contributed by atoms with Crippen molar-refractivity contribution in [1.82, 2.24) is 0 Å². The molecule has 0 N–H and O–H groups in total. The summed E-state index contributed by atoms with van der Waals surface area (Å²) < 4.78 is 5.47. The summed E-state index contributed by atoms with van der Waals surface area (Å²) in [5, 5.41) is 12.7. The van der Waals surface area contributed by atoms with Gasteiger partial charge < -0.3 is 9.57 Å². The number of nitro groups is 1. The van der Waals surface area contributed by atoms with E-state index in [-0.39, 0.29) is 17.2 Å². The number of ether oxygens (including phenoxy) is 1. The summed E-state index contributed by atoms with van der Waals surface area (Å²) >= 11 is 0. The highest BCUT2D eigenvalue weighted by molar-refractivity contribution is 6.20. The van der Waals surface area contributed by atoms with E-state index in [1.165, 1.54) is 24.3 Å². The molecule has 0 radical (unpaired) electrons. The number of benzene rings is 5. The normalized spacial score (nSPS) is 14.1. The Bertz CT molecular complexity index is 1780. The van der Waals surface area contributed by atoms with Gasteiger partial charge in [-0.05, 0) is 48.0 Å². The molecule has 43 heavy (non-hydrogen) atoms. The van der Waals surface area contributed by atoms with E-state index in [2.05, 4.69) is 6.58 Å². The van der Waals surface area contributed by atoms with Crippen molar-refractivity contribution in [3.63, 3.8) is 0 Å². The molecule has 1 aliphatic rings. The number of anilines is 1. The van der Waals surface area contributed by atoms with Crippen LogP contribution in [0.1, 0.15) is 16.7 Å². The Morgan fingerprint density at radius 3 is 1.86 bits per heavy atom. The van der Waals surface area contributed by atoms with Gasteiger partial charge in [-0.15, -0.1) is 0 Å². The van der Waals surface area contributed by atoms with Gasteiger partial charge in [-0.1, -0.05) is 97.1 Å². The molecule has 8 nitrogen and oxygen atoms in total. The number of hydroxylamine groups is 1. The standard InChI is InChI=1S/C35H25N3O5/c1-25(34(39)42-30-23-21-29(22-24-30)38(40)41)43-37-32-20-12-11-19-31(32)33(36-28-17-9-4-10-18-28)35(37,26-13-5-2-6-14-26)27-15-7-3-8-16-27/h2-24H,1H2. The minimum atomic E-state index is -1.14. The second kappa shape index (κ2) is 11.5. The maximum atomic E-state index is 13.3. The van der Waals surface area contributed by atoms with Crippen LogP contribution in [0.5, 0.6) is 5.75 Å². The van der Waals surface area contributed by atoms with Crippen LogP contribution >= 0.6 is 0 Å². The number of non-ortho nitro benzene ring substituents is 1. The summed E-state index contributed by atoms with van der Waals surface area (Å²) in [5.41, 5.74) is 3.38. The van der Waals surface area contributed by atoms with Gasteiger partial charge in [0.2, 0.25) is 5.76 Å². The van der Waals surface area contributed by atoms with Crippen molar-refractivity contribution in [1.29, 1.82) is 0 Å². The third kappa shape index (κ3) is 5.02. The van der Waals surface area contributed by atoms with Gasteiger partial charge in [-0.25, -0.2) is 9.79 Å². The number of nitrogens with zero attached hydrogens (tertiary/aromatic N) is 3. The Morgan fingerprint density at radius 1 is 0.744 bits per heavy atom. The summed E-state index contributed by atoms with van der Waals surface area (Å²) in [5.74, 6) is -1.02. The second-order valence-electron chi connectivity index (χ2n) is 9.70. The molecule has 0 bridgehead atoms. The van der Waals surface area contributed by atoms with Crippen LogP contribution in [0.15, 0.2) is 157 Å². The number of aliphatic imine (C=N–C) groups is 1. The van der Waals surface area contributed by atoms with Crippen molar-refractivity contribution in [2.24, 2.45) is 4.99 Å². The first-order chi connectivity index (χ1) is 21.0. The molecule has 210 valence electrons. The molecule has 0 spiro atoms. The van der Waals surface area contributed by atoms with Crippen LogP contribution in [0.2, 0.25) is 0 Å². The monoisotopic (exact) mass is 567 g/mol. The summed E-state index contributed by atoms with van der Waals surface area (Å²) in [4.78, 5) is 35.3. The number of para-hydroxylation sites is 2. The van der Waals surface area contributed by atoms with Gasteiger partial charge in [0, 0.05) is 17.7 Å². The van der Waals surface area contributed by atoms with Crippen LogP contribution in [0.3, 0.4) is 0 Å². The predicted octanol–water partition coefficient (Wildman–Crippen LogP) is 7.53. The number of esters is 1. The molecular formula is C35H25N3O5. The van der Waals surface area contributed by atoms with Gasteiger partial charge in [0.1, 0.15) is 5.75 Å². The van der Waals surface area contributed by atoms with E-state index in [0.29, 0.717) is 11.4 Å². The van der Waals surface area contributed by atoms with E-state index in [1.807, 2.05) is 115 Å². The zero-order valence-corrected chi connectivity index (χ0v) is 22.9. The summed E-state index contributed by atoms with van der Waals surface area (Å²) in [6.07, 6.45) is 0. The first-order valence-corrected chi connectivity index (χ1v) is 13.5. The number of hydrogen-bond donors (Lipinski definition) is 0. The number of rotatable bonds is 8. The van der Waals surface area contributed by atoms with Gasteiger partial charge >= 0.3 is 5.97 Å². The molecule has 0 aliphatic carbocycles. The van der Waals surface area contributed by atoms with Crippen molar-refractivity contribution in [2.45, 2.75) is 5.54 Å². The minimum absolute atomic E-state index is 0.117. The quantitative estimate of drug-likeness (QED) is 0.0480. The number of carbonyl (C=O) groups is 1. The molecule has 0 atom stereocenters. The highest BCUT2D eigenvalue weighted by atomic mass is 16.7. The predicted molar refractivity (Wildman–Crippen MR) is 164 cm³/mol. The molecule has 8 heteroatoms. The number of fused-ring (bicyclic) bond motifs is 1. The fourth-order valence-corrected chi connectivity index (χ4v) is 5.19. The average molecular weight is 568 g/mol. The smallest absolute Gasteiger partial charge is 0.381 e. The van der Waals surface area contributed by atoms with Gasteiger partial charge in [0.05, 0.1) is 22.0 Å².